The van der Waals surface area contributed by atoms with Crippen LogP contribution >= 0.6 is 11.6 Å². The largest absolute Gasteiger partial charge is 0.322 e. The van der Waals surface area contributed by atoms with Crippen molar-refractivity contribution in [3.05, 3.63) is 28.3 Å². The summed E-state index contributed by atoms with van der Waals surface area (Å²) in [6, 6.07) is 1.17. The molecule has 0 aromatic heterocycles. The number of hydrogen-bond acceptors (Lipinski definition) is 4. The van der Waals surface area contributed by atoms with Gasteiger partial charge in [-0.05, 0) is 24.6 Å². The number of urea groups is 1. The van der Waals surface area contributed by atoms with Crippen molar-refractivity contribution in [2.75, 3.05) is 6.26 Å². The highest BCUT2D eigenvalue weighted by Gasteiger charge is 2.35. The number of aryl methyl sites for hydroxylation is 1. The number of nitrogens with one attached hydrogen (secondary N) is 2. The van der Waals surface area contributed by atoms with Gasteiger partial charge < -0.3 is 5.32 Å². The molecule has 0 bridgehead atoms. The number of amides is 3. The molecule has 8 heteroatoms. The summed E-state index contributed by atoms with van der Waals surface area (Å²) in [5.74, 6) is -0.600. The van der Waals surface area contributed by atoms with Crippen molar-refractivity contribution in [2.24, 2.45) is 0 Å². The molecular formula is C11H11ClN2O4S. The van der Waals surface area contributed by atoms with E-state index in [1.165, 1.54) is 12.1 Å². The van der Waals surface area contributed by atoms with Crippen molar-refractivity contribution in [3.63, 3.8) is 0 Å². The molecule has 0 saturated carbocycles. The van der Waals surface area contributed by atoms with Gasteiger partial charge in [0, 0.05) is 16.8 Å². The highest BCUT2D eigenvalue weighted by atomic mass is 35.5. The fourth-order valence-corrected chi connectivity index (χ4v) is 3.64. The lowest BCUT2D eigenvalue weighted by molar-refractivity contribution is -0.120. The third-order valence-corrected chi connectivity index (χ3v) is 4.24. The predicted molar refractivity (Wildman–Crippen MR) is 68.7 cm³/mol. The normalized spacial score (nSPS) is 19.2. The lowest BCUT2D eigenvalue weighted by Gasteiger charge is -2.15. The molecule has 2 N–H and O–H groups in total. The first-order valence-corrected chi connectivity index (χ1v) is 7.58. The number of imide groups is 1. The summed E-state index contributed by atoms with van der Waals surface area (Å²) in [5, 5.41) is 4.72. The lowest BCUT2D eigenvalue weighted by Crippen LogP contribution is -2.23. The molecule has 1 atom stereocenters. The topological polar surface area (TPSA) is 92.3 Å². The Kier molecular flexibility index (Phi) is 3.27. The number of halogens is 1. The summed E-state index contributed by atoms with van der Waals surface area (Å²) in [4.78, 5) is 22.8. The molecule has 102 valence electrons. The molecule has 2 rings (SSSR count). The van der Waals surface area contributed by atoms with E-state index in [-0.39, 0.29) is 10.5 Å². The maximum atomic E-state index is 11.8. The molecule has 1 aromatic carbocycles. The number of carbonyl (C=O) groups excluding carboxylic acids is 2. The van der Waals surface area contributed by atoms with Crippen LogP contribution < -0.4 is 10.6 Å². The van der Waals surface area contributed by atoms with E-state index in [0.717, 1.165) is 6.26 Å². The first-order chi connectivity index (χ1) is 8.70. The van der Waals surface area contributed by atoms with Crippen molar-refractivity contribution < 1.29 is 18.0 Å². The quantitative estimate of drug-likeness (QED) is 0.795. The smallest absolute Gasteiger partial charge is 0.322 e. The maximum absolute atomic E-state index is 11.8. The third kappa shape index (κ3) is 2.57. The average Bonchev–Trinajstić information content (AvgIpc) is 2.54. The molecule has 1 aromatic rings. The molecule has 1 aliphatic rings. The minimum absolute atomic E-state index is 0.0132. The number of benzene rings is 1. The van der Waals surface area contributed by atoms with Crippen LogP contribution in [0, 0.1) is 6.92 Å². The minimum atomic E-state index is -3.55. The SMILES string of the molecule is Cc1cc(Cl)cc(C2NC(=O)NC2=O)c1S(C)(=O)=O. The van der Waals surface area contributed by atoms with E-state index in [2.05, 4.69) is 10.6 Å². The molecule has 1 heterocycles. The fraction of sp³-hybridized carbons (Fsp3) is 0.273. The molecular weight excluding hydrogens is 292 g/mol. The number of carbonyl (C=O) groups is 2. The highest BCUT2D eigenvalue weighted by molar-refractivity contribution is 7.90. The van der Waals surface area contributed by atoms with Gasteiger partial charge in [0.1, 0.15) is 6.04 Å². The van der Waals surface area contributed by atoms with Gasteiger partial charge in [0.25, 0.3) is 5.91 Å². The van der Waals surface area contributed by atoms with Crippen LogP contribution in [0.1, 0.15) is 17.2 Å². The van der Waals surface area contributed by atoms with Crippen molar-refractivity contribution in [1.29, 1.82) is 0 Å². The second kappa shape index (κ2) is 4.50. The summed E-state index contributed by atoms with van der Waals surface area (Å²) < 4.78 is 23.7. The fourth-order valence-electron chi connectivity index (χ4n) is 2.11. The molecule has 19 heavy (non-hydrogen) atoms. The van der Waals surface area contributed by atoms with Gasteiger partial charge in [0.15, 0.2) is 9.84 Å². The Hall–Kier alpha value is -1.60. The number of hydrogen-bond donors (Lipinski definition) is 2. The Morgan fingerprint density at radius 3 is 2.37 bits per heavy atom. The van der Waals surface area contributed by atoms with E-state index >= 15 is 0 Å². The van der Waals surface area contributed by atoms with Crippen LogP contribution in [0.2, 0.25) is 5.02 Å². The van der Waals surface area contributed by atoms with Crippen LogP contribution in [0.3, 0.4) is 0 Å². The summed E-state index contributed by atoms with van der Waals surface area (Å²) in [5.41, 5.74) is 0.606. The predicted octanol–water partition coefficient (Wildman–Crippen LogP) is 0.932. The van der Waals surface area contributed by atoms with Crippen LogP contribution in [-0.4, -0.2) is 26.6 Å². The number of sulfone groups is 1. The van der Waals surface area contributed by atoms with E-state index in [0.29, 0.717) is 10.6 Å². The van der Waals surface area contributed by atoms with Crippen LogP contribution in [-0.2, 0) is 14.6 Å². The van der Waals surface area contributed by atoms with E-state index in [1.54, 1.807) is 6.92 Å². The van der Waals surface area contributed by atoms with Crippen molar-refractivity contribution in [3.8, 4) is 0 Å². The molecule has 1 aliphatic heterocycles. The van der Waals surface area contributed by atoms with Crippen LogP contribution in [0.15, 0.2) is 17.0 Å². The second-order valence-corrected chi connectivity index (χ2v) is 6.70. The van der Waals surface area contributed by atoms with Crippen LogP contribution in [0.4, 0.5) is 4.79 Å². The summed E-state index contributed by atoms with van der Waals surface area (Å²) in [6.45, 7) is 1.58. The summed E-state index contributed by atoms with van der Waals surface area (Å²) in [6.07, 6.45) is 1.04. The van der Waals surface area contributed by atoms with Crippen LogP contribution in [0.25, 0.3) is 0 Å². The minimum Gasteiger partial charge on any atom is -0.322 e. The third-order valence-electron chi connectivity index (χ3n) is 2.72. The monoisotopic (exact) mass is 302 g/mol. The van der Waals surface area contributed by atoms with Gasteiger partial charge in [0.2, 0.25) is 0 Å². The molecule has 0 spiro atoms. The van der Waals surface area contributed by atoms with Gasteiger partial charge in [-0.1, -0.05) is 11.6 Å². The Labute approximate surface area is 115 Å². The molecule has 0 aliphatic carbocycles. The van der Waals surface area contributed by atoms with Gasteiger partial charge >= 0.3 is 6.03 Å². The van der Waals surface area contributed by atoms with E-state index in [1.807, 2.05) is 0 Å². The highest BCUT2D eigenvalue weighted by Crippen LogP contribution is 2.30. The Bertz CT molecular complexity index is 684. The zero-order chi connectivity index (χ0) is 14.4. The van der Waals surface area contributed by atoms with Crippen molar-refractivity contribution in [2.45, 2.75) is 17.9 Å². The molecule has 1 fully saturated rings. The number of rotatable bonds is 2. The Morgan fingerprint density at radius 2 is 1.89 bits per heavy atom. The van der Waals surface area contributed by atoms with Gasteiger partial charge in [0.05, 0.1) is 4.90 Å². The zero-order valence-corrected chi connectivity index (χ0v) is 11.7. The van der Waals surface area contributed by atoms with E-state index in [9.17, 15) is 18.0 Å². The maximum Gasteiger partial charge on any atom is 0.322 e. The molecule has 3 amide bonds. The lowest BCUT2D eigenvalue weighted by atomic mass is 10.0. The first-order valence-electron chi connectivity index (χ1n) is 5.31. The zero-order valence-electron chi connectivity index (χ0n) is 10.2. The molecule has 6 nitrogen and oxygen atoms in total. The van der Waals surface area contributed by atoms with Crippen molar-refractivity contribution in [1.82, 2.24) is 10.6 Å². The molecule has 0 radical (unpaired) electrons. The van der Waals surface area contributed by atoms with Gasteiger partial charge in [-0.2, -0.15) is 0 Å². The average molecular weight is 303 g/mol. The van der Waals surface area contributed by atoms with Gasteiger partial charge in [-0.3, -0.25) is 10.1 Å². The summed E-state index contributed by atoms with van der Waals surface area (Å²) in [7, 11) is -3.55. The standard InChI is InChI=1S/C11H11ClN2O4S/c1-5-3-6(12)4-7(9(5)19(2,17)18)8-10(15)14-11(16)13-8/h3-4,8H,1-2H3,(H2,13,14,15,16). The van der Waals surface area contributed by atoms with E-state index < -0.39 is 27.8 Å². The molecule has 1 saturated heterocycles. The Morgan fingerprint density at radius 1 is 1.26 bits per heavy atom. The van der Waals surface area contributed by atoms with Gasteiger partial charge in [-0.15, -0.1) is 0 Å². The second-order valence-electron chi connectivity index (χ2n) is 4.31. The Balaban J connectivity index is 2.69. The molecule has 1 unspecified atom stereocenters. The summed E-state index contributed by atoms with van der Waals surface area (Å²) >= 11 is 5.90. The van der Waals surface area contributed by atoms with Gasteiger partial charge in [-0.25, -0.2) is 13.2 Å². The first kappa shape index (κ1) is 13.8. The van der Waals surface area contributed by atoms with E-state index in [4.69, 9.17) is 11.6 Å². The van der Waals surface area contributed by atoms with Crippen LogP contribution in [0.5, 0.6) is 0 Å². The van der Waals surface area contributed by atoms with Crippen molar-refractivity contribution >= 4 is 33.4 Å².